The van der Waals surface area contributed by atoms with Crippen molar-refractivity contribution in [2.75, 3.05) is 12.3 Å². The molecule has 2 rings (SSSR count). The van der Waals surface area contributed by atoms with Gasteiger partial charge in [0, 0.05) is 24.2 Å². The Labute approximate surface area is 108 Å². The van der Waals surface area contributed by atoms with Crippen molar-refractivity contribution >= 4 is 17.5 Å². The van der Waals surface area contributed by atoms with Crippen molar-refractivity contribution in [1.82, 2.24) is 4.90 Å². The van der Waals surface area contributed by atoms with Crippen LogP contribution in [0.25, 0.3) is 0 Å². The molecule has 1 fully saturated rings. The molecule has 0 spiro atoms. The maximum absolute atomic E-state index is 13.2. The number of halogens is 1. The van der Waals surface area contributed by atoms with Gasteiger partial charge in [0.05, 0.1) is 6.10 Å². The monoisotopic (exact) mass is 267 g/mol. The van der Waals surface area contributed by atoms with E-state index in [-0.39, 0.29) is 24.2 Å². The Bertz CT molecular complexity index is 515. The van der Waals surface area contributed by atoms with Crippen LogP contribution in [0.3, 0.4) is 0 Å². The number of benzene rings is 1. The summed E-state index contributed by atoms with van der Waals surface area (Å²) < 4.78 is 13.2. The van der Waals surface area contributed by atoms with Crippen molar-refractivity contribution in [2.45, 2.75) is 18.6 Å². The summed E-state index contributed by atoms with van der Waals surface area (Å²) in [5, 5.41) is 9.52. The Morgan fingerprint density at radius 3 is 2.63 bits per heavy atom. The van der Waals surface area contributed by atoms with Gasteiger partial charge in [-0.15, -0.1) is 0 Å². The van der Waals surface area contributed by atoms with Gasteiger partial charge >= 0.3 is 0 Å². The zero-order valence-electron chi connectivity index (χ0n) is 10.0. The average Bonchev–Trinajstić information content (AvgIpc) is 2.69. The first kappa shape index (κ1) is 13.3. The van der Waals surface area contributed by atoms with Gasteiger partial charge in [-0.1, -0.05) is 0 Å². The summed E-state index contributed by atoms with van der Waals surface area (Å²) in [6.45, 7) is -0.0111. The highest BCUT2D eigenvalue weighted by Gasteiger charge is 2.38. The SMILES string of the molecule is NC(=O)C1CC(O)CN1C(=O)c1cc(N)cc(F)c1. The number of anilines is 1. The van der Waals surface area contributed by atoms with E-state index >= 15 is 0 Å². The maximum atomic E-state index is 13.2. The number of nitrogens with two attached hydrogens (primary N) is 2. The maximum Gasteiger partial charge on any atom is 0.254 e. The fourth-order valence-electron chi connectivity index (χ4n) is 2.21. The fraction of sp³-hybridized carbons (Fsp3) is 0.333. The predicted octanol–water partition coefficient (Wildman–Crippen LogP) is -0.531. The fourth-order valence-corrected chi connectivity index (χ4v) is 2.21. The van der Waals surface area contributed by atoms with Crippen LogP contribution in [-0.2, 0) is 4.79 Å². The van der Waals surface area contributed by atoms with Crippen molar-refractivity contribution < 1.29 is 19.1 Å². The molecule has 2 amide bonds. The number of nitrogens with zero attached hydrogens (tertiary/aromatic N) is 1. The number of carbonyl (C=O) groups is 2. The van der Waals surface area contributed by atoms with Crippen LogP contribution in [0.15, 0.2) is 18.2 Å². The third-order valence-electron chi connectivity index (χ3n) is 3.04. The number of β-amino-alcohol motifs (C(OH)–C–C–N with tert-alkyl or cyclic N) is 1. The molecule has 1 heterocycles. The van der Waals surface area contributed by atoms with E-state index in [4.69, 9.17) is 11.5 Å². The third-order valence-corrected chi connectivity index (χ3v) is 3.04. The van der Waals surface area contributed by atoms with E-state index in [1.165, 1.54) is 6.07 Å². The highest BCUT2D eigenvalue weighted by Crippen LogP contribution is 2.22. The molecule has 7 heteroatoms. The lowest BCUT2D eigenvalue weighted by Crippen LogP contribution is -2.43. The molecule has 1 aliphatic rings. The molecule has 0 bridgehead atoms. The summed E-state index contributed by atoms with van der Waals surface area (Å²) in [7, 11) is 0. The summed E-state index contributed by atoms with van der Waals surface area (Å²) in [5.41, 5.74) is 10.8. The topological polar surface area (TPSA) is 110 Å². The zero-order chi connectivity index (χ0) is 14.2. The molecular formula is C12H14FN3O3. The van der Waals surface area contributed by atoms with Crippen molar-refractivity contribution in [2.24, 2.45) is 5.73 Å². The molecule has 1 saturated heterocycles. The van der Waals surface area contributed by atoms with Gasteiger partial charge in [0.1, 0.15) is 11.9 Å². The molecule has 19 heavy (non-hydrogen) atoms. The Morgan fingerprint density at radius 2 is 2.05 bits per heavy atom. The summed E-state index contributed by atoms with van der Waals surface area (Å²) in [5.74, 6) is -1.92. The predicted molar refractivity (Wildman–Crippen MR) is 65.5 cm³/mol. The number of rotatable bonds is 2. The number of likely N-dealkylation sites (tertiary alicyclic amines) is 1. The first-order chi connectivity index (χ1) is 8.88. The molecule has 1 aliphatic heterocycles. The standard InChI is InChI=1S/C12H14FN3O3/c13-7-1-6(2-8(14)3-7)12(19)16-5-9(17)4-10(16)11(15)18/h1-3,9-10,17H,4-5,14H2,(H2,15,18). The largest absolute Gasteiger partial charge is 0.399 e. The quantitative estimate of drug-likeness (QED) is 0.625. The number of carbonyl (C=O) groups excluding carboxylic acids is 2. The summed E-state index contributed by atoms with van der Waals surface area (Å²) in [6.07, 6.45) is -0.723. The van der Waals surface area contributed by atoms with Crippen molar-refractivity contribution in [3.05, 3.63) is 29.6 Å². The minimum atomic E-state index is -0.882. The van der Waals surface area contributed by atoms with Crippen molar-refractivity contribution in [3.8, 4) is 0 Å². The number of amides is 2. The highest BCUT2D eigenvalue weighted by molar-refractivity contribution is 5.98. The number of hydrogen-bond acceptors (Lipinski definition) is 4. The molecule has 6 nitrogen and oxygen atoms in total. The second-order valence-corrected chi connectivity index (χ2v) is 4.54. The second kappa shape index (κ2) is 4.85. The van der Waals surface area contributed by atoms with Gasteiger partial charge in [-0.05, 0) is 18.2 Å². The third kappa shape index (κ3) is 2.65. The lowest BCUT2D eigenvalue weighted by molar-refractivity contribution is -0.121. The normalized spacial score (nSPS) is 22.5. The van der Waals surface area contributed by atoms with Crippen LogP contribution in [-0.4, -0.2) is 40.5 Å². The Morgan fingerprint density at radius 1 is 1.37 bits per heavy atom. The van der Waals surface area contributed by atoms with Crippen molar-refractivity contribution in [1.29, 1.82) is 0 Å². The molecule has 2 atom stereocenters. The summed E-state index contributed by atoms with van der Waals surface area (Å²) in [4.78, 5) is 24.6. The van der Waals surface area contributed by atoms with Gasteiger partial charge in [0.15, 0.2) is 0 Å². The zero-order valence-corrected chi connectivity index (χ0v) is 10.0. The van der Waals surface area contributed by atoms with Crippen LogP contribution < -0.4 is 11.5 Å². The van der Waals surface area contributed by atoms with Crippen molar-refractivity contribution in [3.63, 3.8) is 0 Å². The number of hydrogen-bond donors (Lipinski definition) is 3. The molecule has 102 valence electrons. The van der Waals surface area contributed by atoms with Crippen LogP contribution in [0.1, 0.15) is 16.8 Å². The van der Waals surface area contributed by atoms with Crippen LogP contribution in [0, 0.1) is 5.82 Å². The van der Waals surface area contributed by atoms with Gasteiger partial charge in [0.25, 0.3) is 5.91 Å². The van der Waals surface area contributed by atoms with Crippen LogP contribution in [0.5, 0.6) is 0 Å². The highest BCUT2D eigenvalue weighted by atomic mass is 19.1. The molecule has 0 saturated carbocycles. The molecule has 1 aromatic carbocycles. The van der Waals surface area contributed by atoms with E-state index in [0.29, 0.717) is 0 Å². The van der Waals surface area contributed by atoms with E-state index in [9.17, 15) is 19.1 Å². The van der Waals surface area contributed by atoms with Gasteiger partial charge < -0.3 is 21.5 Å². The Balaban J connectivity index is 2.30. The molecule has 2 unspecified atom stereocenters. The summed E-state index contributed by atoms with van der Waals surface area (Å²) in [6, 6.07) is 2.54. The van der Waals surface area contributed by atoms with E-state index in [1.807, 2.05) is 0 Å². The smallest absolute Gasteiger partial charge is 0.254 e. The average molecular weight is 267 g/mol. The van der Waals surface area contributed by atoms with Crippen LogP contribution >= 0.6 is 0 Å². The number of aliphatic hydroxyl groups excluding tert-OH is 1. The Kier molecular flexibility index (Phi) is 3.39. The molecular weight excluding hydrogens is 253 g/mol. The lowest BCUT2D eigenvalue weighted by atomic mass is 10.1. The minimum absolute atomic E-state index is 0.0111. The van der Waals surface area contributed by atoms with E-state index < -0.39 is 29.8 Å². The van der Waals surface area contributed by atoms with Gasteiger partial charge in [-0.3, -0.25) is 9.59 Å². The number of aliphatic hydroxyl groups is 1. The minimum Gasteiger partial charge on any atom is -0.399 e. The van der Waals surface area contributed by atoms with E-state index in [1.54, 1.807) is 0 Å². The second-order valence-electron chi connectivity index (χ2n) is 4.54. The number of nitrogen functional groups attached to an aromatic ring is 1. The van der Waals surface area contributed by atoms with Gasteiger partial charge in [0.2, 0.25) is 5.91 Å². The molecule has 0 aromatic heterocycles. The first-order valence-electron chi connectivity index (χ1n) is 5.73. The Hall–Kier alpha value is -2.15. The molecule has 1 aromatic rings. The van der Waals surface area contributed by atoms with Crippen LogP contribution in [0.4, 0.5) is 10.1 Å². The first-order valence-corrected chi connectivity index (χ1v) is 5.73. The molecule has 0 radical (unpaired) electrons. The number of primary amides is 1. The summed E-state index contributed by atoms with van der Waals surface area (Å²) >= 11 is 0. The van der Waals surface area contributed by atoms with E-state index in [2.05, 4.69) is 0 Å². The molecule has 0 aliphatic carbocycles. The van der Waals surface area contributed by atoms with Gasteiger partial charge in [-0.25, -0.2) is 4.39 Å². The molecule has 5 N–H and O–H groups in total. The van der Waals surface area contributed by atoms with Gasteiger partial charge in [-0.2, -0.15) is 0 Å². The van der Waals surface area contributed by atoms with E-state index in [0.717, 1.165) is 17.0 Å². The van der Waals surface area contributed by atoms with Crippen LogP contribution in [0.2, 0.25) is 0 Å². The lowest BCUT2D eigenvalue weighted by Gasteiger charge is -2.22.